The van der Waals surface area contributed by atoms with Crippen molar-refractivity contribution in [2.75, 3.05) is 36.4 Å². The van der Waals surface area contributed by atoms with Crippen LogP contribution in [-0.4, -0.2) is 42.8 Å². The Morgan fingerprint density at radius 1 is 0.811 bits per heavy atom. The number of benzene rings is 3. The van der Waals surface area contributed by atoms with Crippen LogP contribution in [0.4, 0.5) is 22.7 Å². The van der Waals surface area contributed by atoms with Crippen LogP contribution in [-0.2, 0) is 0 Å². The molecular formula is C28H29Cl2N5OS. The van der Waals surface area contributed by atoms with Crippen LogP contribution < -0.4 is 16.0 Å². The molecular weight excluding hydrogens is 525 g/mol. The number of amides is 1. The highest BCUT2D eigenvalue weighted by Crippen LogP contribution is 2.25. The minimum atomic E-state index is 0. The zero-order chi connectivity index (χ0) is 24.0. The van der Waals surface area contributed by atoms with E-state index < -0.39 is 0 Å². The Hall–Kier alpha value is -3.52. The van der Waals surface area contributed by atoms with E-state index in [-0.39, 0.29) is 30.7 Å². The second kappa shape index (κ2) is 13.1. The number of hydrogen-bond acceptors (Lipinski definition) is 5. The third-order valence-electron chi connectivity index (χ3n) is 6.02. The predicted molar refractivity (Wildman–Crippen MR) is 160 cm³/mol. The summed E-state index contributed by atoms with van der Waals surface area (Å²) < 4.78 is 0. The highest BCUT2D eigenvalue weighted by atomic mass is 35.5. The van der Waals surface area contributed by atoms with E-state index in [0.717, 1.165) is 40.7 Å². The van der Waals surface area contributed by atoms with E-state index in [9.17, 15) is 4.79 Å². The maximum absolute atomic E-state index is 13.3. The second-order valence-corrected chi connectivity index (χ2v) is 9.25. The SMILES string of the molecule is Cl.Cl.N/C(=N\c1ccc(N2CCN(C(=O)c3ccccc3Nc3ccccc3)CC2)cc1)c1cccs1. The smallest absolute Gasteiger partial charge is 0.256 e. The van der Waals surface area contributed by atoms with E-state index in [1.165, 1.54) is 0 Å². The molecule has 192 valence electrons. The molecule has 1 fully saturated rings. The molecule has 0 unspecified atom stereocenters. The van der Waals surface area contributed by atoms with Gasteiger partial charge in [0.15, 0.2) is 0 Å². The number of nitrogens with two attached hydrogens (primary N) is 1. The number of piperazine rings is 1. The number of nitrogens with one attached hydrogen (secondary N) is 1. The van der Waals surface area contributed by atoms with E-state index in [0.29, 0.717) is 24.5 Å². The molecule has 0 saturated carbocycles. The molecule has 0 spiro atoms. The molecule has 3 N–H and O–H groups in total. The first-order valence-corrected chi connectivity index (χ1v) is 12.5. The van der Waals surface area contributed by atoms with Crippen LogP contribution >= 0.6 is 36.2 Å². The molecule has 2 heterocycles. The van der Waals surface area contributed by atoms with Crippen LogP contribution in [0.1, 0.15) is 15.2 Å². The second-order valence-electron chi connectivity index (χ2n) is 8.31. The Morgan fingerprint density at radius 2 is 1.49 bits per heavy atom. The summed E-state index contributed by atoms with van der Waals surface area (Å²) in [7, 11) is 0. The average molecular weight is 555 g/mol. The largest absolute Gasteiger partial charge is 0.383 e. The maximum Gasteiger partial charge on any atom is 0.256 e. The van der Waals surface area contributed by atoms with Crippen LogP contribution in [0.25, 0.3) is 0 Å². The van der Waals surface area contributed by atoms with Crippen molar-refractivity contribution in [3.8, 4) is 0 Å². The Labute approximate surface area is 233 Å². The monoisotopic (exact) mass is 553 g/mol. The standard InChI is InChI=1S/C28H27N5OS.2ClH/c29-27(26-11-6-20-35-26)31-22-12-14-23(15-13-22)32-16-18-33(19-17-32)28(34)24-9-4-5-10-25(24)30-21-7-2-1-3-8-21;;/h1-15,20,30H,16-19H2,(H2,29,31);2*1H. The van der Waals surface area contributed by atoms with Crippen LogP contribution in [0, 0.1) is 0 Å². The Bertz CT molecular complexity index is 1310. The number of carbonyl (C=O) groups is 1. The van der Waals surface area contributed by atoms with Crippen molar-refractivity contribution in [2.45, 2.75) is 0 Å². The predicted octanol–water partition coefficient (Wildman–Crippen LogP) is 6.33. The molecule has 1 amide bonds. The lowest BCUT2D eigenvalue weighted by atomic mass is 10.1. The van der Waals surface area contributed by atoms with Crippen LogP contribution in [0.5, 0.6) is 0 Å². The molecule has 0 radical (unpaired) electrons. The molecule has 37 heavy (non-hydrogen) atoms. The summed E-state index contributed by atoms with van der Waals surface area (Å²) in [5, 5.41) is 5.37. The highest BCUT2D eigenvalue weighted by molar-refractivity contribution is 7.12. The van der Waals surface area contributed by atoms with E-state index in [1.807, 2.05) is 89.1 Å². The van der Waals surface area contributed by atoms with Gasteiger partial charge in [0.05, 0.1) is 21.8 Å². The molecule has 4 aromatic rings. The third kappa shape index (κ3) is 6.83. The lowest BCUT2D eigenvalue weighted by Crippen LogP contribution is -2.48. The summed E-state index contributed by atoms with van der Waals surface area (Å²) in [4.78, 5) is 23.1. The fraction of sp³-hybridized carbons (Fsp3) is 0.143. The van der Waals surface area contributed by atoms with E-state index >= 15 is 0 Å². The molecule has 1 aromatic heterocycles. The van der Waals surface area contributed by atoms with Gasteiger partial charge in [-0.3, -0.25) is 4.79 Å². The minimum Gasteiger partial charge on any atom is -0.383 e. The van der Waals surface area contributed by atoms with Crippen LogP contribution in [0.3, 0.4) is 0 Å². The number of aliphatic imine (C=N–C) groups is 1. The minimum absolute atomic E-state index is 0. The first-order chi connectivity index (χ1) is 17.2. The summed E-state index contributed by atoms with van der Waals surface area (Å²) >= 11 is 1.58. The van der Waals surface area contributed by atoms with Gasteiger partial charge in [0, 0.05) is 37.6 Å². The molecule has 0 aliphatic carbocycles. The Balaban J connectivity index is 0.00000190. The van der Waals surface area contributed by atoms with Crippen molar-refractivity contribution < 1.29 is 4.79 Å². The first kappa shape index (κ1) is 28.1. The van der Waals surface area contributed by atoms with Crippen molar-refractivity contribution in [1.29, 1.82) is 0 Å². The number of thiophene rings is 1. The maximum atomic E-state index is 13.3. The fourth-order valence-corrected chi connectivity index (χ4v) is 4.78. The van der Waals surface area contributed by atoms with E-state index in [1.54, 1.807) is 11.3 Å². The number of rotatable bonds is 6. The van der Waals surface area contributed by atoms with Gasteiger partial charge in [-0.1, -0.05) is 36.4 Å². The third-order valence-corrected chi connectivity index (χ3v) is 6.91. The zero-order valence-electron chi connectivity index (χ0n) is 20.1. The zero-order valence-corrected chi connectivity index (χ0v) is 22.6. The van der Waals surface area contributed by atoms with Gasteiger partial charge in [-0.05, 0) is 60.0 Å². The van der Waals surface area contributed by atoms with Gasteiger partial charge < -0.3 is 20.9 Å². The van der Waals surface area contributed by atoms with Gasteiger partial charge in [0.2, 0.25) is 0 Å². The molecule has 0 bridgehead atoms. The normalized spacial score (nSPS) is 13.4. The lowest BCUT2D eigenvalue weighted by Gasteiger charge is -2.36. The molecule has 9 heteroatoms. The number of anilines is 3. The van der Waals surface area contributed by atoms with Crippen molar-refractivity contribution in [3.05, 3.63) is 107 Å². The Kier molecular flexibility index (Phi) is 9.97. The number of halogens is 2. The van der Waals surface area contributed by atoms with Crippen LogP contribution in [0.15, 0.2) is 101 Å². The van der Waals surface area contributed by atoms with Gasteiger partial charge in [-0.2, -0.15) is 0 Å². The lowest BCUT2D eigenvalue weighted by molar-refractivity contribution is 0.0748. The van der Waals surface area contributed by atoms with Gasteiger partial charge in [-0.25, -0.2) is 4.99 Å². The highest BCUT2D eigenvalue weighted by Gasteiger charge is 2.24. The molecule has 1 saturated heterocycles. The Morgan fingerprint density at radius 3 is 2.16 bits per heavy atom. The fourth-order valence-electron chi connectivity index (χ4n) is 4.15. The summed E-state index contributed by atoms with van der Waals surface area (Å²) in [6.45, 7) is 2.90. The van der Waals surface area contributed by atoms with Gasteiger partial charge in [-0.15, -0.1) is 36.2 Å². The summed E-state index contributed by atoms with van der Waals surface area (Å²) in [6.07, 6.45) is 0. The van der Waals surface area contributed by atoms with E-state index in [2.05, 4.69) is 27.3 Å². The molecule has 6 nitrogen and oxygen atoms in total. The quantitative estimate of drug-likeness (QED) is 0.216. The summed E-state index contributed by atoms with van der Waals surface area (Å²) in [6, 6.07) is 29.6. The van der Waals surface area contributed by atoms with Gasteiger partial charge >= 0.3 is 0 Å². The van der Waals surface area contributed by atoms with Gasteiger partial charge in [0.1, 0.15) is 5.84 Å². The van der Waals surface area contributed by atoms with Gasteiger partial charge in [0.25, 0.3) is 5.91 Å². The van der Waals surface area contributed by atoms with Crippen LogP contribution in [0.2, 0.25) is 0 Å². The average Bonchev–Trinajstić information content (AvgIpc) is 3.45. The number of amidine groups is 1. The van der Waals surface area contributed by atoms with E-state index in [4.69, 9.17) is 5.73 Å². The molecule has 0 atom stereocenters. The molecule has 5 rings (SSSR count). The number of nitrogens with zero attached hydrogens (tertiary/aromatic N) is 3. The molecule has 1 aliphatic rings. The summed E-state index contributed by atoms with van der Waals surface area (Å²) in [5.74, 6) is 0.583. The van der Waals surface area contributed by atoms with Crippen molar-refractivity contribution in [2.24, 2.45) is 10.7 Å². The van der Waals surface area contributed by atoms with Crippen molar-refractivity contribution in [3.63, 3.8) is 0 Å². The number of para-hydroxylation sites is 2. The van der Waals surface area contributed by atoms with Crippen molar-refractivity contribution in [1.82, 2.24) is 4.90 Å². The molecule has 1 aliphatic heterocycles. The van der Waals surface area contributed by atoms with Crippen molar-refractivity contribution >= 4 is 70.6 Å². The molecule has 3 aromatic carbocycles. The first-order valence-electron chi connectivity index (χ1n) is 11.6. The summed E-state index contributed by atoms with van der Waals surface area (Å²) in [5.41, 5.74) is 10.5. The number of hydrogen-bond donors (Lipinski definition) is 2. The topological polar surface area (TPSA) is 74.0 Å². The number of carbonyl (C=O) groups excluding carboxylic acids is 1.